The normalized spacial score (nSPS) is 21.1. The molecule has 3 heterocycles. The summed E-state index contributed by atoms with van der Waals surface area (Å²) in [6.45, 7) is 2.05. The number of nitrogens with one attached hydrogen (secondary N) is 1. The van der Waals surface area contributed by atoms with Crippen molar-refractivity contribution < 1.29 is 4.79 Å². The number of para-hydroxylation sites is 1. The smallest absolute Gasteiger partial charge is 0.249 e. The van der Waals surface area contributed by atoms with Crippen LogP contribution < -0.4 is 10.2 Å². The van der Waals surface area contributed by atoms with Gasteiger partial charge in [-0.3, -0.25) is 9.20 Å². The van der Waals surface area contributed by atoms with Crippen molar-refractivity contribution in [3.63, 3.8) is 0 Å². The van der Waals surface area contributed by atoms with Crippen LogP contribution in [-0.4, -0.2) is 37.6 Å². The average molecular weight is 308 g/mol. The van der Waals surface area contributed by atoms with E-state index in [0.717, 1.165) is 5.69 Å². The summed E-state index contributed by atoms with van der Waals surface area (Å²) < 4.78 is 1.77. The number of carbonyl (C=O) groups is 1. The third kappa shape index (κ3) is 2.30. The first-order chi connectivity index (χ1) is 11.2. The van der Waals surface area contributed by atoms with E-state index >= 15 is 0 Å². The molecule has 7 nitrogen and oxygen atoms in total. The first kappa shape index (κ1) is 13.7. The Morgan fingerprint density at radius 2 is 2.09 bits per heavy atom. The number of amides is 1. The number of fused-ring (bicyclic) bond motifs is 1. The van der Waals surface area contributed by atoms with Crippen molar-refractivity contribution >= 4 is 23.1 Å². The van der Waals surface area contributed by atoms with Crippen molar-refractivity contribution in [2.45, 2.75) is 25.4 Å². The summed E-state index contributed by atoms with van der Waals surface area (Å²) in [5.41, 5.74) is 1.54. The largest absolute Gasteiger partial charge is 0.355 e. The zero-order valence-corrected chi connectivity index (χ0v) is 12.6. The van der Waals surface area contributed by atoms with Crippen molar-refractivity contribution in [3.8, 4) is 0 Å². The van der Waals surface area contributed by atoms with Gasteiger partial charge in [0.1, 0.15) is 12.4 Å². The molecule has 2 aromatic heterocycles. The molecule has 23 heavy (non-hydrogen) atoms. The maximum absolute atomic E-state index is 12.8. The fourth-order valence-electron chi connectivity index (χ4n) is 3.05. The third-order valence-electron chi connectivity index (χ3n) is 4.11. The van der Waals surface area contributed by atoms with Gasteiger partial charge in [-0.1, -0.05) is 18.2 Å². The molecular formula is C16H16N6O. The Morgan fingerprint density at radius 3 is 2.91 bits per heavy atom. The van der Waals surface area contributed by atoms with Crippen molar-refractivity contribution in [2.75, 3.05) is 10.2 Å². The van der Waals surface area contributed by atoms with E-state index in [1.807, 2.05) is 35.2 Å². The van der Waals surface area contributed by atoms with Gasteiger partial charge in [-0.15, -0.1) is 10.2 Å². The van der Waals surface area contributed by atoms with Crippen LogP contribution in [0.5, 0.6) is 0 Å². The lowest BCUT2D eigenvalue weighted by Gasteiger charge is -2.21. The first-order valence-electron chi connectivity index (χ1n) is 7.53. The molecule has 0 spiro atoms. The van der Waals surface area contributed by atoms with Gasteiger partial charge in [-0.05, 0) is 25.5 Å². The monoisotopic (exact) mass is 308 g/mol. The summed E-state index contributed by atoms with van der Waals surface area (Å²) in [5.74, 6) is 0.623. The lowest BCUT2D eigenvalue weighted by atomic mass is 10.2. The van der Waals surface area contributed by atoms with Crippen LogP contribution in [-0.2, 0) is 4.79 Å². The van der Waals surface area contributed by atoms with Gasteiger partial charge in [0.15, 0.2) is 5.82 Å². The Bertz CT molecular complexity index is 846. The van der Waals surface area contributed by atoms with Gasteiger partial charge >= 0.3 is 0 Å². The number of benzene rings is 1. The Balaban J connectivity index is 1.61. The summed E-state index contributed by atoms with van der Waals surface area (Å²) in [6.07, 6.45) is 5.76. The fraction of sp³-hybridized carbons (Fsp3) is 0.250. The van der Waals surface area contributed by atoms with E-state index in [1.54, 1.807) is 23.1 Å². The highest BCUT2D eigenvalue weighted by Crippen LogP contribution is 2.28. The van der Waals surface area contributed by atoms with E-state index in [2.05, 4.69) is 27.4 Å². The number of hydrogen-bond donors (Lipinski definition) is 1. The molecule has 3 aromatic rings. The van der Waals surface area contributed by atoms with Crippen molar-refractivity contribution in [2.24, 2.45) is 0 Å². The van der Waals surface area contributed by atoms with E-state index in [4.69, 9.17) is 0 Å². The van der Waals surface area contributed by atoms with Crippen molar-refractivity contribution in [1.29, 1.82) is 0 Å². The molecule has 4 rings (SSSR count). The summed E-state index contributed by atoms with van der Waals surface area (Å²) in [4.78, 5) is 18.9. The lowest BCUT2D eigenvalue weighted by molar-refractivity contribution is -0.117. The summed E-state index contributed by atoms with van der Waals surface area (Å²) in [6, 6.07) is 9.53. The van der Waals surface area contributed by atoms with Crippen LogP contribution in [0.3, 0.4) is 0 Å². The molecule has 1 aliphatic rings. The van der Waals surface area contributed by atoms with Gasteiger partial charge in [0.05, 0.1) is 0 Å². The Hall–Kier alpha value is -2.96. The van der Waals surface area contributed by atoms with Gasteiger partial charge in [0.25, 0.3) is 0 Å². The van der Waals surface area contributed by atoms with E-state index in [9.17, 15) is 4.79 Å². The zero-order valence-electron chi connectivity index (χ0n) is 12.6. The van der Waals surface area contributed by atoms with E-state index in [0.29, 0.717) is 17.9 Å². The van der Waals surface area contributed by atoms with Crippen LogP contribution in [0.15, 0.2) is 49.1 Å². The topological polar surface area (TPSA) is 75.4 Å². The van der Waals surface area contributed by atoms with E-state index in [1.165, 1.54) is 0 Å². The Labute approximate surface area is 133 Å². The predicted molar refractivity (Wildman–Crippen MR) is 86.2 cm³/mol. The van der Waals surface area contributed by atoms with Crippen LogP contribution in [0.2, 0.25) is 0 Å². The van der Waals surface area contributed by atoms with Crippen LogP contribution in [0.1, 0.15) is 13.3 Å². The molecule has 2 atom stereocenters. The van der Waals surface area contributed by atoms with Crippen LogP contribution in [0.4, 0.5) is 11.5 Å². The summed E-state index contributed by atoms with van der Waals surface area (Å²) in [5, 5.41) is 11.1. The predicted octanol–water partition coefficient (Wildman–Crippen LogP) is 1.73. The van der Waals surface area contributed by atoms with Gasteiger partial charge in [0, 0.05) is 24.1 Å². The molecule has 0 bridgehead atoms. The Kier molecular flexibility index (Phi) is 3.18. The standard InChI is InChI=1S/C16H16N6O/c1-11-9-13(16(23)22(11)12-5-3-2-4-6-12)19-14-15-20-18-10-21(15)8-7-17-14/h2-8,10-11,13H,9H2,1H3,(H,17,19)/t11-,13+/m1/s1. The molecule has 0 unspecified atom stereocenters. The van der Waals surface area contributed by atoms with Crippen molar-refractivity contribution in [3.05, 3.63) is 49.1 Å². The highest BCUT2D eigenvalue weighted by Gasteiger charge is 2.38. The number of aromatic nitrogens is 4. The minimum absolute atomic E-state index is 0.0482. The molecular weight excluding hydrogens is 292 g/mol. The fourth-order valence-corrected chi connectivity index (χ4v) is 3.05. The van der Waals surface area contributed by atoms with Crippen molar-refractivity contribution in [1.82, 2.24) is 19.6 Å². The maximum atomic E-state index is 12.8. The molecule has 116 valence electrons. The number of carbonyl (C=O) groups excluding carboxylic acids is 1. The van der Waals surface area contributed by atoms with E-state index in [-0.39, 0.29) is 18.0 Å². The molecule has 1 fully saturated rings. The second-order valence-electron chi connectivity index (χ2n) is 5.66. The number of rotatable bonds is 3. The van der Waals surface area contributed by atoms with Gasteiger partial charge in [0.2, 0.25) is 11.6 Å². The highest BCUT2D eigenvalue weighted by atomic mass is 16.2. The second-order valence-corrected chi connectivity index (χ2v) is 5.66. The number of anilines is 2. The number of nitrogens with zero attached hydrogens (tertiary/aromatic N) is 5. The summed E-state index contributed by atoms with van der Waals surface area (Å²) in [7, 11) is 0. The zero-order chi connectivity index (χ0) is 15.8. The number of hydrogen-bond acceptors (Lipinski definition) is 5. The minimum Gasteiger partial charge on any atom is -0.355 e. The Morgan fingerprint density at radius 1 is 1.26 bits per heavy atom. The molecule has 0 radical (unpaired) electrons. The lowest BCUT2D eigenvalue weighted by Crippen LogP contribution is -2.35. The van der Waals surface area contributed by atoms with Gasteiger partial charge in [-0.2, -0.15) is 0 Å². The van der Waals surface area contributed by atoms with E-state index < -0.39 is 0 Å². The first-order valence-corrected chi connectivity index (χ1v) is 7.53. The summed E-state index contributed by atoms with van der Waals surface area (Å²) >= 11 is 0. The minimum atomic E-state index is -0.319. The van der Waals surface area contributed by atoms with Crippen LogP contribution in [0.25, 0.3) is 5.65 Å². The van der Waals surface area contributed by atoms with Gasteiger partial charge in [-0.25, -0.2) is 4.98 Å². The molecule has 7 heteroatoms. The SMILES string of the molecule is C[C@@H]1C[C@H](Nc2nccn3cnnc23)C(=O)N1c1ccccc1. The maximum Gasteiger partial charge on any atom is 0.249 e. The van der Waals surface area contributed by atoms with Crippen LogP contribution >= 0.6 is 0 Å². The molecule has 0 aliphatic carbocycles. The van der Waals surface area contributed by atoms with Crippen LogP contribution in [0, 0.1) is 0 Å². The molecule has 1 aliphatic heterocycles. The average Bonchev–Trinajstić information content (AvgIpc) is 3.14. The molecule has 1 N–H and O–H groups in total. The molecule has 1 aromatic carbocycles. The van der Waals surface area contributed by atoms with Gasteiger partial charge < -0.3 is 10.2 Å². The third-order valence-corrected chi connectivity index (χ3v) is 4.11. The molecule has 1 saturated heterocycles. The second kappa shape index (κ2) is 5.35. The molecule has 0 saturated carbocycles. The highest BCUT2D eigenvalue weighted by molar-refractivity contribution is 6.01. The molecule has 1 amide bonds. The quantitative estimate of drug-likeness (QED) is 0.797.